The summed E-state index contributed by atoms with van der Waals surface area (Å²) in [4.78, 5) is 24.6. The SMILES string of the molecule is CC1(C)C(=O)[C@H](C/C=C\CCCC(=O)O)[C@@H](/C=C/C(O)Cc2cc3ccccc3s2)[C@@H]1O.CCN. The van der Waals surface area contributed by atoms with Gasteiger partial charge in [0, 0.05) is 34.3 Å². The first kappa shape index (κ1) is 28.9. The number of aliphatic carboxylic acids is 1. The number of nitrogens with two attached hydrogens (primary N) is 1. The quantitative estimate of drug-likeness (QED) is 0.276. The third-order valence-corrected chi connectivity index (χ3v) is 7.44. The van der Waals surface area contributed by atoms with Crippen LogP contribution >= 0.6 is 11.3 Å². The highest BCUT2D eigenvalue weighted by Crippen LogP contribution is 2.44. The van der Waals surface area contributed by atoms with Crippen LogP contribution in [0.15, 0.2) is 54.6 Å². The van der Waals surface area contributed by atoms with Crippen LogP contribution in [0, 0.1) is 17.3 Å². The Labute approximate surface area is 212 Å². The first-order valence-corrected chi connectivity index (χ1v) is 13.1. The summed E-state index contributed by atoms with van der Waals surface area (Å²) in [6, 6.07) is 10.2. The lowest BCUT2D eigenvalue weighted by molar-refractivity contribution is -0.137. The molecular weight excluding hydrogens is 462 g/mol. The average molecular weight is 502 g/mol. The Balaban J connectivity index is 0.00000137. The zero-order chi connectivity index (χ0) is 26.0. The molecule has 0 aliphatic heterocycles. The van der Waals surface area contributed by atoms with Crippen LogP contribution in [-0.2, 0) is 16.0 Å². The van der Waals surface area contributed by atoms with Crippen LogP contribution in [-0.4, -0.2) is 45.8 Å². The maximum absolute atomic E-state index is 12.9. The molecular formula is C28H39NO5S. The van der Waals surface area contributed by atoms with Gasteiger partial charge in [-0.2, -0.15) is 0 Å². The smallest absolute Gasteiger partial charge is 0.303 e. The van der Waals surface area contributed by atoms with Crippen molar-refractivity contribution < 1.29 is 24.9 Å². The number of ketones is 1. The summed E-state index contributed by atoms with van der Waals surface area (Å²) in [7, 11) is 0. The summed E-state index contributed by atoms with van der Waals surface area (Å²) in [5.41, 5.74) is 4.01. The maximum atomic E-state index is 12.9. The van der Waals surface area contributed by atoms with E-state index < -0.39 is 23.6 Å². The minimum atomic E-state index is -0.840. The molecule has 0 radical (unpaired) electrons. The Morgan fingerprint density at radius 2 is 1.94 bits per heavy atom. The van der Waals surface area contributed by atoms with E-state index in [1.165, 1.54) is 4.70 Å². The number of carbonyl (C=O) groups excluding carboxylic acids is 1. The molecule has 1 aromatic heterocycles. The number of carboxylic acid groups (broad SMARTS) is 1. The van der Waals surface area contributed by atoms with Gasteiger partial charge in [0.25, 0.3) is 0 Å². The minimum Gasteiger partial charge on any atom is -0.481 e. The molecule has 35 heavy (non-hydrogen) atoms. The van der Waals surface area contributed by atoms with Crippen LogP contribution in [0.1, 0.15) is 51.3 Å². The monoisotopic (exact) mass is 501 g/mol. The number of unbranched alkanes of at least 4 members (excludes halogenated alkanes) is 1. The van der Waals surface area contributed by atoms with Crippen molar-refractivity contribution in [3.05, 3.63) is 59.5 Å². The summed E-state index contributed by atoms with van der Waals surface area (Å²) in [6.07, 6.45) is 8.14. The van der Waals surface area contributed by atoms with Gasteiger partial charge in [-0.15, -0.1) is 11.3 Å². The highest BCUT2D eigenvalue weighted by atomic mass is 32.1. The Morgan fingerprint density at radius 1 is 1.26 bits per heavy atom. The molecule has 4 atom stereocenters. The molecule has 3 rings (SSSR count). The molecule has 2 aromatic rings. The van der Waals surface area contributed by atoms with E-state index in [0.29, 0.717) is 25.7 Å². The number of hydrogen-bond acceptors (Lipinski definition) is 6. The molecule has 7 heteroatoms. The van der Waals surface area contributed by atoms with Crippen LogP contribution in [0.25, 0.3) is 10.1 Å². The lowest BCUT2D eigenvalue weighted by Gasteiger charge is -2.22. The molecule has 1 unspecified atom stereocenters. The van der Waals surface area contributed by atoms with E-state index in [0.717, 1.165) is 16.8 Å². The van der Waals surface area contributed by atoms with Crippen LogP contribution in [0.5, 0.6) is 0 Å². The number of thiophene rings is 1. The standard InChI is InChI=1S/C26H32O5S.C2H7N/c1-26(2)24(30)20(10-5-3-4-6-12-23(28)29)21(25(26)31)14-13-18(27)16-19-15-17-9-7-8-11-22(17)32-19;1-2-3/h3,5,7-9,11,13-15,18,20-21,25,27,31H,4,6,10,12,16H2,1-2H3,(H,28,29);2-3H2,1H3/b5-3-,14-13+;/t18?,20-,21-,25+;/m1./s1. The van der Waals surface area contributed by atoms with E-state index in [2.05, 4.69) is 18.2 Å². The van der Waals surface area contributed by atoms with Gasteiger partial charge in [-0.25, -0.2) is 0 Å². The van der Waals surface area contributed by atoms with Crippen molar-refractivity contribution >= 4 is 33.2 Å². The van der Waals surface area contributed by atoms with Crippen LogP contribution in [0.4, 0.5) is 0 Å². The van der Waals surface area contributed by atoms with Crippen LogP contribution in [0.2, 0.25) is 0 Å². The van der Waals surface area contributed by atoms with Gasteiger partial charge >= 0.3 is 5.97 Å². The second-order valence-corrected chi connectivity index (χ2v) is 10.7. The summed E-state index contributed by atoms with van der Waals surface area (Å²) >= 11 is 1.66. The zero-order valence-electron chi connectivity index (χ0n) is 20.9. The fourth-order valence-electron chi connectivity index (χ4n) is 4.40. The molecule has 192 valence electrons. The third kappa shape index (κ3) is 8.10. The molecule has 1 aliphatic rings. The number of carbonyl (C=O) groups is 2. The van der Waals surface area contributed by atoms with Crippen LogP contribution in [0.3, 0.4) is 0 Å². The predicted octanol–water partition coefficient (Wildman–Crippen LogP) is 4.73. The Hall–Kier alpha value is -2.32. The van der Waals surface area contributed by atoms with Gasteiger partial charge in [0.2, 0.25) is 0 Å². The molecule has 1 saturated carbocycles. The lowest BCUT2D eigenvalue weighted by atomic mass is 9.86. The highest BCUT2D eigenvalue weighted by Gasteiger charge is 2.52. The van der Waals surface area contributed by atoms with E-state index in [1.54, 1.807) is 37.3 Å². The van der Waals surface area contributed by atoms with Gasteiger partial charge in [0.1, 0.15) is 5.78 Å². The topological polar surface area (TPSA) is 121 Å². The van der Waals surface area contributed by atoms with Crippen molar-refractivity contribution in [2.45, 2.75) is 65.1 Å². The summed E-state index contributed by atoms with van der Waals surface area (Å²) in [6.45, 7) is 6.19. The lowest BCUT2D eigenvalue weighted by Crippen LogP contribution is -2.31. The number of allylic oxidation sites excluding steroid dienone is 2. The Bertz CT molecular complexity index is 992. The van der Waals surface area contributed by atoms with Gasteiger partial charge in [0.15, 0.2) is 0 Å². The number of fused-ring (bicyclic) bond motifs is 1. The fraction of sp³-hybridized carbons (Fsp3) is 0.500. The van der Waals surface area contributed by atoms with E-state index in [1.807, 2.05) is 31.2 Å². The predicted molar refractivity (Wildman–Crippen MR) is 142 cm³/mol. The molecule has 0 saturated heterocycles. The third-order valence-electron chi connectivity index (χ3n) is 6.30. The van der Waals surface area contributed by atoms with Gasteiger partial charge in [0.05, 0.1) is 17.6 Å². The number of aliphatic hydroxyl groups excluding tert-OH is 2. The van der Waals surface area contributed by atoms with Crippen molar-refractivity contribution in [1.29, 1.82) is 0 Å². The summed E-state index contributed by atoms with van der Waals surface area (Å²) in [5, 5.41) is 31.3. The Morgan fingerprint density at radius 3 is 2.60 bits per heavy atom. The van der Waals surface area contributed by atoms with Crippen molar-refractivity contribution in [3.8, 4) is 0 Å². The fourth-order valence-corrected chi connectivity index (χ4v) is 5.52. The minimum absolute atomic E-state index is 0.0221. The van der Waals surface area contributed by atoms with E-state index >= 15 is 0 Å². The van der Waals surface area contributed by atoms with Gasteiger partial charge < -0.3 is 21.1 Å². The molecule has 1 aromatic carbocycles. The normalized spacial score (nSPS) is 22.6. The number of carboxylic acids is 1. The highest BCUT2D eigenvalue weighted by molar-refractivity contribution is 7.19. The zero-order valence-corrected chi connectivity index (χ0v) is 21.7. The van der Waals surface area contributed by atoms with E-state index in [-0.39, 0.29) is 24.0 Å². The van der Waals surface area contributed by atoms with Gasteiger partial charge in [-0.05, 0) is 43.3 Å². The first-order valence-electron chi connectivity index (χ1n) is 12.2. The second kappa shape index (κ2) is 13.7. The number of rotatable bonds is 10. The van der Waals surface area contributed by atoms with E-state index in [9.17, 15) is 19.8 Å². The molecule has 6 nitrogen and oxygen atoms in total. The number of Topliss-reactive ketones (excluding diaryl/α,β-unsaturated/α-hetero) is 1. The van der Waals surface area contributed by atoms with Gasteiger partial charge in [-0.1, -0.05) is 63.3 Å². The van der Waals surface area contributed by atoms with Crippen molar-refractivity contribution in [2.24, 2.45) is 23.0 Å². The van der Waals surface area contributed by atoms with Gasteiger partial charge in [-0.3, -0.25) is 9.59 Å². The molecule has 0 spiro atoms. The molecule has 0 bridgehead atoms. The number of benzene rings is 1. The molecule has 5 N–H and O–H groups in total. The van der Waals surface area contributed by atoms with Crippen molar-refractivity contribution in [3.63, 3.8) is 0 Å². The largest absolute Gasteiger partial charge is 0.481 e. The first-order chi connectivity index (χ1) is 16.6. The number of aliphatic hydroxyl groups is 2. The molecule has 0 amide bonds. The maximum Gasteiger partial charge on any atom is 0.303 e. The summed E-state index contributed by atoms with van der Waals surface area (Å²) in [5.74, 6) is -1.51. The van der Waals surface area contributed by atoms with Crippen LogP contribution < -0.4 is 5.73 Å². The second-order valence-electron chi connectivity index (χ2n) is 9.52. The Kier molecular flexibility index (Phi) is 11.3. The van der Waals surface area contributed by atoms with Crippen molar-refractivity contribution in [2.75, 3.05) is 6.54 Å². The summed E-state index contributed by atoms with van der Waals surface area (Å²) < 4.78 is 1.19. The van der Waals surface area contributed by atoms with E-state index in [4.69, 9.17) is 10.8 Å². The average Bonchev–Trinajstić information content (AvgIpc) is 3.27. The molecule has 1 heterocycles. The molecule has 1 fully saturated rings. The number of hydrogen-bond donors (Lipinski definition) is 4. The van der Waals surface area contributed by atoms with Crippen molar-refractivity contribution in [1.82, 2.24) is 0 Å². The molecule has 1 aliphatic carbocycles.